The van der Waals surface area contributed by atoms with E-state index in [9.17, 15) is 27.9 Å². The molecule has 5 rings (SSSR count). The number of phosphoric acid groups is 1. The highest BCUT2D eigenvalue weighted by atomic mass is 35.5. The van der Waals surface area contributed by atoms with E-state index < -0.39 is 41.6 Å². The lowest BCUT2D eigenvalue weighted by Crippen LogP contribution is -2.45. The van der Waals surface area contributed by atoms with Gasteiger partial charge in [-0.25, -0.2) is 17.7 Å². The molecule has 2 aliphatic rings. The molecule has 2 heterocycles. The summed E-state index contributed by atoms with van der Waals surface area (Å²) in [4.78, 5) is 48.7. The Hall–Kier alpha value is -3.18. The Kier molecular flexibility index (Phi) is 10.9. The number of benzene rings is 3. The van der Waals surface area contributed by atoms with Crippen LogP contribution < -0.4 is 14.4 Å². The van der Waals surface area contributed by atoms with Crippen LogP contribution in [-0.2, 0) is 19.1 Å². The van der Waals surface area contributed by atoms with Crippen LogP contribution in [0.2, 0.25) is 0 Å². The predicted octanol–water partition coefficient (Wildman–Crippen LogP) is 2.74. The molecule has 18 heteroatoms. The number of anilines is 1. The number of piperazine rings is 1. The van der Waals surface area contributed by atoms with Crippen molar-refractivity contribution in [3.8, 4) is 5.75 Å². The molecule has 0 aromatic heterocycles. The number of nitro groups is 1. The van der Waals surface area contributed by atoms with Crippen molar-refractivity contribution in [1.29, 1.82) is 0 Å². The van der Waals surface area contributed by atoms with Crippen molar-refractivity contribution in [1.82, 2.24) is 14.5 Å². The highest BCUT2D eigenvalue weighted by molar-refractivity contribution is 7.89. The zero-order valence-corrected chi connectivity index (χ0v) is 27.9. The van der Waals surface area contributed by atoms with Gasteiger partial charge in [0.2, 0.25) is 10.0 Å². The van der Waals surface area contributed by atoms with Crippen molar-refractivity contribution in [2.75, 3.05) is 76.9 Å². The van der Waals surface area contributed by atoms with Crippen LogP contribution in [0.5, 0.6) is 5.75 Å². The third-order valence-electron chi connectivity index (χ3n) is 8.17. The van der Waals surface area contributed by atoms with Gasteiger partial charge in [0.1, 0.15) is 12.4 Å². The number of nitro benzene ring substituents is 1. The van der Waals surface area contributed by atoms with Gasteiger partial charge >= 0.3 is 7.82 Å². The first-order valence-corrected chi connectivity index (χ1v) is 18.3. The van der Waals surface area contributed by atoms with Gasteiger partial charge in [-0.2, -0.15) is 0 Å². The number of rotatable bonds is 13. The predicted molar refractivity (Wildman–Crippen MR) is 175 cm³/mol. The maximum absolute atomic E-state index is 13.7. The number of carbonyl (C=O) groups excluding carboxylic acids is 1. The van der Waals surface area contributed by atoms with Crippen LogP contribution in [0.25, 0.3) is 10.8 Å². The fourth-order valence-corrected chi connectivity index (χ4v) is 7.35. The zero-order chi connectivity index (χ0) is 33.9. The average molecular weight is 712 g/mol. The summed E-state index contributed by atoms with van der Waals surface area (Å²) < 4.78 is 48.9. The van der Waals surface area contributed by atoms with Gasteiger partial charge in [0, 0.05) is 69.2 Å². The molecule has 0 aliphatic carbocycles. The number of nitrogens with one attached hydrogen (secondary N) is 1. The normalized spacial score (nSPS) is 17.6. The van der Waals surface area contributed by atoms with Crippen molar-refractivity contribution in [3.05, 3.63) is 69.8 Å². The maximum atomic E-state index is 13.7. The molecule has 1 unspecified atom stereocenters. The van der Waals surface area contributed by atoms with E-state index in [2.05, 4.69) is 26.1 Å². The number of carbonyl (C=O) groups is 1. The highest BCUT2D eigenvalue weighted by Crippen LogP contribution is 2.46. The van der Waals surface area contributed by atoms with Gasteiger partial charge in [0.25, 0.3) is 11.6 Å². The minimum absolute atomic E-state index is 0.0329. The second-order valence-corrected chi connectivity index (χ2v) is 14.6. The summed E-state index contributed by atoms with van der Waals surface area (Å²) in [6, 6.07) is 11.8. The Balaban J connectivity index is 1.36. The molecule has 0 spiro atoms. The Morgan fingerprint density at radius 3 is 2.43 bits per heavy atom. The molecule has 0 saturated carbocycles. The third-order valence-corrected chi connectivity index (χ3v) is 10.5. The van der Waals surface area contributed by atoms with E-state index in [0.717, 1.165) is 38.8 Å². The minimum Gasteiger partial charge on any atom is -0.492 e. The molecule has 0 radical (unpaired) electrons. The fraction of sp³-hybridized carbons (Fsp3) is 0.414. The van der Waals surface area contributed by atoms with E-state index in [1.807, 2.05) is 0 Å². The van der Waals surface area contributed by atoms with Crippen molar-refractivity contribution >= 4 is 57.5 Å². The van der Waals surface area contributed by atoms with Crippen LogP contribution in [0, 0.1) is 10.1 Å². The molecule has 254 valence electrons. The number of fused-ring (bicyclic) bond motifs is 3. The molecular weight excluding hydrogens is 677 g/mol. The summed E-state index contributed by atoms with van der Waals surface area (Å²) in [6.45, 7) is 4.42. The molecule has 1 fully saturated rings. The lowest BCUT2D eigenvalue weighted by molar-refractivity contribution is -0.383. The van der Waals surface area contributed by atoms with E-state index in [1.165, 1.54) is 23.1 Å². The van der Waals surface area contributed by atoms with Gasteiger partial charge in [-0.1, -0.05) is 6.07 Å². The number of hydrogen-bond acceptors (Lipinski definition) is 10. The average Bonchev–Trinajstić information content (AvgIpc) is 3.42. The van der Waals surface area contributed by atoms with Gasteiger partial charge in [-0.3, -0.25) is 24.3 Å². The molecule has 3 aromatic rings. The smallest absolute Gasteiger partial charge is 0.469 e. The van der Waals surface area contributed by atoms with E-state index in [4.69, 9.17) is 26.1 Å². The number of halogens is 1. The molecule has 0 bridgehead atoms. The summed E-state index contributed by atoms with van der Waals surface area (Å²) in [5.74, 6) is -0.0449. The number of nitrogens with zero attached hydrogens (tertiary/aromatic N) is 4. The Labute approximate surface area is 276 Å². The first kappa shape index (κ1) is 35.1. The van der Waals surface area contributed by atoms with Gasteiger partial charge in [0.05, 0.1) is 27.5 Å². The van der Waals surface area contributed by atoms with Crippen molar-refractivity contribution in [3.63, 3.8) is 0 Å². The molecule has 2 aliphatic heterocycles. The van der Waals surface area contributed by atoms with E-state index >= 15 is 0 Å². The number of likely N-dealkylation sites (N-methyl/N-ethyl adjacent to an activating group) is 1. The summed E-state index contributed by atoms with van der Waals surface area (Å²) in [7, 11) is -6.92. The van der Waals surface area contributed by atoms with Crippen molar-refractivity contribution in [2.24, 2.45) is 0 Å². The number of ether oxygens (including phenoxy) is 1. The molecule has 15 nitrogen and oxygen atoms in total. The number of sulfonamides is 1. The molecule has 3 aromatic carbocycles. The standard InChI is InChI=1S/C29H35ClN5O10PS/c1-32-9-11-33(12-10-32)13-15-44-22-4-2-20(3-5-22)29(36)34-19-21(18-30)28-24-7-6-23(16-25(24)26(35(37)38)17-27(28)34)47(42,43)31-8-14-45-46(39,40)41/h2-7,16-17,21,31H,8-15,18-19H2,1H3,(H2,39,40,41). The largest absolute Gasteiger partial charge is 0.492 e. The minimum atomic E-state index is -4.79. The van der Waals surface area contributed by atoms with Gasteiger partial charge in [0.15, 0.2) is 0 Å². The Morgan fingerprint density at radius 1 is 1.09 bits per heavy atom. The van der Waals surface area contributed by atoms with E-state index in [1.54, 1.807) is 24.3 Å². The molecule has 1 saturated heterocycles. The van der Waals surface area contributed by atoms with Gasteiger partial charge in [-0.05, 0) is 54.4 Å². The Bertz CT molecular complexity index is 1800. The number of non-ortho nitro benzene ring substituents is 1. The van der Waals surface area contributed by atoms with Crippen LogP contribution in [0.1, 0.15) is 21.8 Å². The molecule has 1 atom stereocenters. The fourth-order valence-electron chi connectivity index (χ4n) is 5.73. The maximum Gasteiger partial charge on any atom is 0.469 e. The highest BCUT2D eigenvalue weighted by Gasteiger charge is 2.37. The summed E-state index contributed by atoms with van der Waals surface area (Å²) in [5.41, 5.74) is 0.855. The Morgan fingerprint density at radius 2 is 1.79 bits per heavy atom. The molecular formula is C29H35ClN5O10PS. The van der Waals surface area contributed by atoms with Gasteiger partial charge < -0.3 is 24.3 Å². The van der Waals surface area contributed by atoms with Crippen LogP contribution in [-0.4, -0.2) is 111 Å². The first-order chi connectivity index (χ1) is 22.3. The van der Waals surface area contributed by atoms with Crippen LogP contribution in [0.3, 0.4) is 0 Å². The quantitative estimate of drug-likeness (QED) is 0.0774. The van der Waals surface area contributed by atoms with Crippen LogP contribution in [0.15, 0.2) is 53.4 Å². The molecule has 1 amide bonds. The molecule has 47 heavy (non-hydrogen) atoms. The molecule has 3 N–H and O–H groups in total. The number of amides is 1. The first-order valence-electron chi connectivity index (χ1n) is 14.7. The van der Waals surface area contributed by atoms with Crippen molar-refractivity contribution < 1.29 is 41.7 Å². The zero-order valence-electron chi connectivity index (χ0n) is 25.4. The van der Waals surface area contributed by atoms with Crippen molar-refractivity contribution in [2.45, 2.75) is 10.8 Å². The second kappa shape index (κ2) is 14.5. The third kappa shape index (κ3) is 8.28. The van der Waals surface area contributed by atoms with E-state index in [0.29, 0.717) is 34.6 Å². The lowest BCUT2D eigenvalue weighted by atomic mass is 9.95. The lowest BCUT2D eigenvalue weighted by Gasteiger charge is -2.32. The van der Waals surface area contributed by atoms with E-state index in [-0.39, 0.29) is 34.5 Å². The van der Waals surface area contributed by atoms with Gasteiger partial charge in [-0.15, -0.1) is 11.6 Å². The number of hydrogen-bond donors (Lipinski definition) is 3. The summed E-state index contributed by atoms with van der Waals surface area (Å²) in [5, 5.41) is 12.6. The number of alkyl halides is 1. The monoisotopic (exact) mass is 711 g/mol. The van der Waals surface area contributed by atoms with Crippen LogP contribution in [0.4, 0.5) is 11.4 Å². The number of phosphoric ester groups is 1. The van der Waals surface area contributed by atoms with Crippen LogP contribution >= 0.6 is 19.4 Å². The second-order valence-electron chi connectivity index (χ2n) is 11.3. The SMILES string of the molecule is CN1CCN(CCOc2ccc(C(=O)N3CC(CCl)c4c3cc([N+](=O)[O-])c3cc(S(=O)(=O)NCCOP(=O)(O)O)ccc43)cc2)CC1. The summed E-state index contributed by atoms with van der Waals surface area (Å²) >= 11 is 6.33. The topological polar surface area (TPSA) is 192 Å². The summed E-state index contributed by atoms with van der Waals surface area (Å²) in [6.07, 6.45) is 0.